The molecule has 0 atom stereocenters. The maximum atomic E-state index is 5.02. The van der Waals surface area contributed by atoms with Crippen molar-refractivity contribution in [2.24, 2.45) is 0 Å². The zero-order valence-electron chi connectivity index (χ0n) is 15.7. The lowest BCUT2D eigenvalue weighted by Crippen LogP contribution is -2.48. The van der Waals surface area contributed by atoms with Crippen LogP contribution in [0.1, 0.15) is 19.4 Å². The Hall–Kier alpha value is -2.23. The van der Waals surface area contributed by atoms with E-state index in [4.69, 9.17) is 4.98 Å². The lowest BCUT2D eigenvalue weighted by atomic mass is 10.0. The van der Waals surface area contributed by atoms with E-state index in [9.17, 15) is 0 Å². The number of benzene rings is 2. The average Bonchev–Trinajstić information content (AvgIpc) is 2.68. The molecule has 1 aliphatic rings. The van der Waals surface area contributed by atoms with Gasteiger partial charge in [-0.15, -0.1) is 0 Å². The highest BCUT2D eigenvalue weighted by atomic mass is 15.3. The first kappa shape index (κ1) is 17.2. The Balaban J connectivity index is 1.65. The van der Waals surface area contributed by atoms with Gasteiger partial charge in [0.1, 0.15) is 0 Å². The minimum atomic E-state index is 0.638. The van der Waals surface area contributed by atoms with Crippen LogP contribution in [0.2, 0.25) is 0 Å². The Morgan fingerprint density at radius 1 is 0.885 bits per heavy atom. The second kappa shape index (κ2) is 7.56. The molecule has 0 radical (unpaired) electrons. The molecule has 3 heteroatoms. The molecule has 1 fully saturated rings. The van der Waals surface area contributed by atoms with Gasteiger partial charge in [-0.3, -0.25) is 9.80 Å². The van der Waals surface area contributed by atoms with Gasteiger partial charge in [-0.25, -0.2) is 4.98 Å². The van der Waals surface area contributed by atoms with E-state index in [0.717, 1.165) is 43.9 Å². The molecule has 2 heterocycles. The number of rotatable bonds is 4. The summed E-state index contributed by atoms with van der Waals surface area (Å²) in [7, 11) is 0. The molecule has 1 aromatic heterocycles. The Morgan fingerprint density at radius 2 is 1.58 bits per heavy atom. The number of fused-ring (bicyclic) bond motifs is 1. The quantitative estimate of drug-likeness (QED) is 0.697. The largest absolute Gasteiger partial charge is 0.298 e. The molecular formula is C23H27N3. The van der Waals surface area contributed by atoms with Crippen molar-refractivity contribution in [3.63, 3.8) is 0 Å². The van der Waals surface area contributed by atoms with Crippen LogP contribution in [0, 0.1) is 0 Å². The van der Waals surface area contributed by atoms with Crippen molar-refractivity contribution in [3.05, 3.63) is 66.2 Å². The van der Waals surface area contributed by atoms with Gasteiger partial charge in [0.15, 0.2) is 0 Å². The zero-order chi connectivity index (χ0) is 17.9. The van der Waals surface area contributed by atoms with E-state index in [1.165, 1.54) is 16.5 Å². The molecule has 0 N–H and O–H groups in total. The molecule has 4 rings (SSSR count). The van der Waals surface area contributed by atoms with Gasteiger partial charge in [0, 0.05) is 49.7 Å². The monoisotopic (exact) mass is 345 g/mol. The summed E-state index contributed by atoms with van der Waals surface area (Å²) in [5.74, 6) is 0. The van der Waals surface area contributed by atoms with Gasteiger partial charge in [-0.2, -0.15) is 0 Å². The molecule has 3 aromatic rings. The molecule has 134 valence electrons. The summed E-state index contributed by atoms with van der Waals surface area (Å²) in [4.78, 5) is 10.1. The van der Waals surface area contributed by atoms with Crippen molar-refractivity contribution >= 4 is 10.9 Å². The van der Waals surface area contributed by atoms with Crippen molar-refractivity contribution in [2.75, 3.05) is 26.2 Å². The highest BCUT2D eigenvalue weighted by molar-refractivity contribution is 5.83. The predicted octanol–water partition coefficient (Wildman–Crippen LogP) is 4.43. The summed E-state index contributed by atoms with van der Waals surface area (Å²) in [6.07, 6.45) is 0. The normalized spacial score (nSPS) is 16.4. The van der Waals surface area contributed by atoms with Gasteiger partial charge in [-0.1, -0.05) is 48.5 Å². The van der Waals surface area contributed by atoms with Crippen molar-refractivity contribution in [1.29, 1.82) is 0 Å². The first-order valence-corrected chi connectivity index (χ1v) is 9.61. The summed E-state index contributed by atoms with van der Waals surface area (Å²) in [5, 5.41) is 1.22. The number of nitrogens with zero attached hydrogens (tertiary/aromatic N) is 3. The topological polar surface area (TPSA) is 19.4 Å². The van der Waals surface area contributed by atoms with Crippen molar-refractivity contribution < 1.29 is 0 Å². The molecule has 0 unspecified atom stereocenters. The van der Waals surface area contributed by atoms with Gasteiger partial charge >= 0.3 is 0 Å². The van der Waals surface area contributed by atoms with Gasteiger partial charge < -0.3 is 0 Å². The van der Waals surface area contributed by atoms with Gasteiger partial charge in [0.05, 0.1) is 11.2 Å². The van der Waals surface area contributed by atoms with Crippen LogP contribution in [-0.2, 0) is 6.54 Å². The Morgan fingerprint density at radius 3 is 2.31 bits per heavy atom. The second-order valence-electron chi connectivity index (χ2n) is 7.46. The van der Waals surface area contributed by atoms with Gasteiger partial charge in [0.2, 0.25) is 0 Å². The summed E-state index contributed by atoms with van der Waals surface area (Å²) >= 11 is 0. The van der Waals surface area contributed by atoms with Crippen LogP contribution in [-0.4, -0.2) is 47.0 Å². The van der Waals surface area contributed by atoms with Gasteiger partial charge in [0.25, 0.3) is 0 Å². The molecular weight excluding hydrogens is 318 g/mol. The number of aromatic nitrogens is 1. The van der Waals surface area contributed by atoms with Crippen LogP contribution in [0.3, 0.4) is 0 Å². The molecule has 3 nitrogen and oxygen atoms in total. The Labute approximate surface area is 156 Å². The average molecular weight is 345 g/mol. The van der Waals surface area contributed by atoms with E-state index < -0.39 is 0 Å². The summed E-state index contributed by atoms with van der Waals surface area (Å²) < 4.78 is 0. The Kier molecular flexibility index (Phi) is 5.00. The molecule has 1 saturated heterocycles. The fourth-order valence-electron chi connectivity index (χ4n) is 3.80. The van der Waals surface area contributed by atoms with Gasteiger partial charge in [-0.05, 0) is 31.5 Å². The number of piperazine rings is 1. The minimum Gasteiger partial charge on any atom is -0.298 e. The number of hydrogen-bond donors (Lipinski definition) is 0. The number of pyridine rings is 1. The number of hydrogen-bond acceptors (Lipinski definition) is 3. The lowest BCUT2D eigenvalue weighted by molar-refractivity contribution is 0.104. The summed E-state index contributed by atoms with van der Waals surface area (Å²) in [5.41, 5.74) is 4.72. The molecule has 0 spiro atoms. The molecule has 0 amide bonds. The SMILES string of the molecule is CC(C)N1CCN(Cc2cc3ccccc3nc2-c2ccccc2)CC1. The maximum Gasteiger partial charge on any atom is 0.0754 e. The van der Waals surface area contributed by atoms with Crippen LogP contribution in [0.25, 0.3) is 22.2 Å². The van der Waals surface area contributed by atoms with Crippen LogP contribution < -0.4 is 0 Å². The van der Waals surface area contributed by atoms with Crippen molar-refractivity contribution in [2.45, 2.75) is 26.4 Å². The fraction of sp³-hybridized carbons (Fsp3) is 0.348. The summed E-state index contributed by atoms with van der Waals surface area (Å²) in [6, 6.07) is 22.0. The number of para-hydroxylation sites is 1. The van der Waals surface area contributed by atoms with Crippen molar-refractivity contribution in [1.82, 2.24) is 14.8 Å². The van der Waals surface area contributed by atoms with Crippen LogP contribution in [0.4, 0.5) is 0 Å². The molecule has 0 aliphatic carbocycles. The van der Waals surface area contributed by atoms with Crippen molar-refractivity contribution in [3.8, 4) is 11.3 Å². The van der Waals surface area contributed by atoms with Crippen LogP contribution in [0.5, 0.6) is 0 Å². The third-order valence-electron chi connectivity index (χ3n) is 5.38. The summed E-state index contributed by atoms with van der Waals surface area (Å²) in [6.45, 7) is 10.1. The van der Waals surface area contributed by atoms with E-state index in [2.05, 4.69) is 84.3 Å². The predicted molar refractivity (Wildman–Crippen MR) is 109 cm³/mol. The highest BCUT2D eigenvalue weighted by Gasteiger charge is 2.20. The molecule has 0 saturated carbocycles. The fourth-order valence-corrected chi connectivity index (χ4v) is 3.80. The first-order valence-electron chi connectivity index (χ1n) is 9.61. The third-order valence-corrected chi connectivity index (χ3v) is 5.38. The standard InChI is InChI=1S/C23H27N3/c1-18(2)26-14-12-25(13-15-26)17-21-16-20-10-6-7-11-22(20)24-23(21)19-8-4-3-5-9-19/h3-11,16,18H,12-15,17H2,1-2H3. The second-order valence-corrected chi connectivity index (χ2v) is 7.46. The molecule has 2 aromatic carbocycles. The minimum absolute atomic E-state index is 0.638. The maximum absolute atomic E-state index is 5.02. The van der Waals surface area contributed by atoms with E-state index in [1.807, 2.05) is 0 Å². The molecule has 0 bridgehead atoms. The molecule has 26 heavy (non-hydrogen) atoms. The smallest absolute Gasteiger partial charge is 0.0754 e. The van der Waals surface area contributed by atoms with E-state index in [0.29, 0.717) is 6.04 Å². The zero-order valence-corrected chi connectivity index (χ0v) is 15.7. The highest BCUT2D eigenvalue weighted by Crippen LogP contribution is 2.27. The van der Waals surface area contributed by atoms with E-state index in [1.54, 1.807) is 0 Å². The van der Waals surface area contributed by atoms with Crippen LogP contribution >= 0.6 is 0 Å². The van der Waals surface area contributed by atoms with E-state index >= 15 is 0 Å². The van der Waals surface area contributed by atoms with Crippen LogP contribution in [0.15, 0.2) is 60.7 Å². The van der Waals surface area contributed by atoms with E-state index in [-0.39, 0.29) is 0 Å². The molecule has 1 aliphatic heterocycles. The third kappa shape index (κ3) is 3.64. The lowest BCUT2D eigenvalue weighted by Gasteiger charge is -2.37. The Bertz CT molecular complexity index is 865. The first-order chi connectivity index (χ1) is 12.7.